The fourth-order valence-corrected chi connectivity index (χ4v) is 3.22. The van der Waals surface area contributed by atoms with Crippen LogP contribution < -0.4 is 11.0 Å². The molecule has 8 heteroatoms. The van der Waals surface area contributed by atoms with Crippen LogP contribution in [-0.4, -0.2) is 42.1 Å². The number of hydrogen-bond donors (Lipinski definition) is 2. The monoisotopic (exact) mass is 318 g/mol. The SMILES string of the molecule is Cc1ccnc(NC[C@H]2C[C@H](c3nn(C)c(=O)n3C)C[C@H]2O)n1. The summed E-state index contributed by atoms with van der Waals surface area (Å²) in [5.74, 6) is 1.49. The first-order chi connectivity index (χ1) is 11.0. The van der Waals surface area contributed by atoms with E-state index in [0.717, 1.165) is 17.9 Å². The van der Waals surface area contributed by atoms with E-state index in [2.05, 4.69) is 20.4 Å². The molecule has 1 aliphatic rings. The zero-order chi connectivity index (χ0) is 16.6. The Kier molecular flexibility index (Phi) is 4.16. The standard InChI is InChI=1S/C15H22N6O2/c1-9-4-5-16-14(18-9)17-8-11-6-10(7-12(11)22)13-19-21(3)15(23)20(13)2/h4-5,10-12,22H,6-8H2,1-3H3,(H,16,17,18)/t10-,11+,12+/m0/s1. The molecule has 2 heterocycles. The number of aliphatic hydroxyl groups excluding tert-OH is 1. The minimum Gasteiger partial charge on any atom is -0.393 e. The summed E-state index contributed by atoms with van der Waals surface area (Å²) in [5, 5.41) is 17.8. The highest BCUT2D eigenvalue weighted by atomic mass is 16.3. The molecule has 3 atom stereocenters. The van der Waals surface area contributed by atoms with Crippen molar-refractivity contribution >= 4 is 5.95 Å². The molecule has 0 amide bonds. The van der Waals surface area contributed by atoms with Crippen molar-refractivity contribution in [2.75, 3.05) is 11.9 Å². The quantitative estimate of drug-likeness (QED) is 0.835. The van der Waals surface area contributed by atoms with Crippen LogP contribution in [0.25, 0.3) is 0 Å². The molecular formula is C15H22N6O2. The van der Waals surface area contributed by atoms with Crippen LogP contribution in [0.4, 0.5) is 5.95 Å². The van der Waals surface area contributed by atoms with Crippen LogP contribution in [0, 0.1) is 12.8 Å². The summed E-state index contributed by atoms with van der Waals surface area (Å²) in [6.07, 6.45) is 2.69. The Morgan fingerprint density at radius 3 is 2.83 bits per heavy atom. The summed E-state index contributed by atoms with van der Waals surface area (Å²) in [5.41, 5.74) is 0.764. The molecule has 3 rings (SSSR count). The number of nitrogens with one attached hydrogen (secondary N) is 1. The number of aromatic nitrogens is 5. The van der Waals surface area contributed by atoms with Crippen LogP contribution in [0.15, 0.2) is 17.1 Å². The zero-order valence-electron chi connectivity index (χ0n) is 13.6. The largest absolute Gasteiger partial charge is 0.393 e. The second kappa shape index (κ2) is 6.11. The Morgan fingerprint density at radius 2 is 2.17 bits per heavy atom. The number of aryl methyl sites for hydroxylation is 2. The Morgan fingerprint density at radius 1 is 1.39 bits per heavy atom. The molecule has 2 aromatic rings. The van der Waals surface area contributed by atoms with E-state index in [1.807, 2.05) is 13.0 Å². The molecule has 1 saturated carbocycles. The van der Waals surface area contributed by atoms with E-state index >= 15 is 0 Å². The van der Waals surface area contributed by atoms with Crippen LogP contribution in [0.3, 0.4) is 0 Å². The van der Waals surface area contributed by atoms with Crippen LogP contribution in [0.5, 0.6) is 0 Å². The van der Waals surface area contributed by atoms with Crippen molar-refractivity contribution in [3.8, 4) is 0 Å². The molecule has 0 aliphatic heterocycles. The molecule has 0 unspecified atom stereocenters. The third-order valence-corrected chi connectivity index (χ3v) is 4.50. The molecule has 0 radical (unpaired) electrons. The zero-order valence-corrected chi connectivity index (χ0v) is 13.6. The first-order valence-corrected chi connectivity index (χ1v) is 7.77. The molecule has 1 aliphatic carbocycles. The maximum Gasteiger partial charge on any atom is 0.345 e. The second-order valence-corrected chi connectivity index (χ2v) is 6.22. The van der Waals surface area contributed by atoms with E-state index in [1.165, 1.54) is 4.68 Å². The van der Waals surface area contributed by atoms with Crippen molar-refractivity contribution in [3.63, 3.8) is 0 Å². The smallest absolute Gasteiger partial charge is 0.345 e. The van der Waals surface area contributed by atoms with Crippen LogP contribution >= 0.6 is 0 Å². The lowest BCUT2D eigenvalue weighted by molar-refractivity contribution is 0.137. The van der Waals surface area contributed by atoms with Gasteiger partial charge in [-0.25, -0.2) is 19.4 Å². The van der Waals surface area contributed by atoms with E-state index in [4.69, 9.17) is 0 Å². The first kappa shape index (κ1) is 15.7. The van der Waals surface area contributed by atoms with Gasteiger partial charge in [0.15, 0.2) is 0 Å². The topological polar surface area (TPSA) is 97.9 Å². The van der Waals surface area contributed by atoms with Crippen LogP contribution in [0.2, 0.25) is 0 Å². The van der Waals surface area contributed by atoms with Gasteiger partial charge in [0.25, 0.3) is 0 Å². The average molecular weight is 318 g/mol. The summed E-state index contributed by atoms with van der Waals surface area (Å²) in [6.45, 7) is 2.51. The van der Waals surface area contributed by atoms with Gasteiger partial charge in [0.2, 0.25) is 5.95 Å². The molecule has 8 nitrogen and oxygen atoms in total. The minimum absolute atomic E-state index is 0.0845. The van der Waals surface area contributed by atoms with Crippen LogP contribution in [0.1, 0.15) is 30.3 Å². The van der Waals surface area contributed by atoms with E-state index in [0.29, 0.717) is 18.9 Å². The fourth-order valence-electron chi connectivity index (χ4n) is 3.22. The lowest BCUT2D eigenvalue weighted by atomic mass is 10.0. The van der Waals surface area contributed by atoms with Gasteiger partial charge >= 0.3 is 5.69 Å². The molecule has 2 aromatic heterocycles. The predicted octanol–water partition coefficient (Wildman–Crippen LogP) is 0.184. The molecule has 0 bridgehead atoms. The van der Waals surface area contributed by atoms with Gasteiger partial charge in [0.1, 0.15) is 5.82 Å². The number of aliphatic hydroxyl groups is 1. The van der Waals surface area contributed by atoms with Crippen molar-refractivity contribution in [3.05, 3.63) is 34.3 Å². The van der Waals surface area contributed by atoms with E-state index in [9.17, 15) is 9.90 Å². The van der Waals surface area contributed by atoms with E-state index in [1.54, 1.807) is 24.9 Å². The van der Waals surface area contributed by atoms with Crippen molar-refractivity contribution < 1.29 is 5.11 Å². The fraction of sp³-hybridized carbons (Fsp3) is 0.600. The third kappa shape index (κ3) is 3.12. The van der Waals surface area contributed by atoms with Crippen molar-refractivity contribution in [1.29, 1.82) is 0 Å². The normalized spacial score (nSPS) is 24.1. The van der Waals surface area contributed by atoms with Crippen molar-refractivity contribution in [1.82, 2.24) is 24.3 Å². The lowest BCUT2D eigenvalue weighted by Crippen LogP contribution is -2.22. The first-order valence-electron chi connectivity index (χ1n) is 7.77. The van der Waals surface area contributed by atoms with Gasteiger partial charge in [0, 0.05) is 44.4 Å². The Hall–Kier alpha value is -2.22. The summed E-state index contributed by atoms with van der Waals surface area (Å²) in [7, 11) is 3.37. The van der Waals surface area contributed by atoms with Crippen molar-refractivity contribution in [2.24, 2.45) is 20.0 Å². The highest BCUT2D eigenvalue weighted by molar-refractivity contribution is 5.25. The number of rotatable bonds is 4. The molecular weight excluding hydrogens is 296 g/mol. The summed E-state index contributed by atoms with van der Waals surface area (Å²) >= 11 is 0. The predicted molar refractivity (Wildman–Crippen MR) is 85.2 cm³/mol. The Balaban J connectivity index is 1.66. The van der Waals surface area contributed by atoms with E-state index in [-0.39, 0.29) is 17.5 Å². The van der Waals surface area contributed by atoms with Gasteiger partial charge in [0.05, 0.1) is 6.10 Å². The highest BCUT2D eigenvalue weighted by Gasteiger charge is 2.36. The number of anilines is 1. The van der Waals surface area contributed by atoms with Gasteiger partial charge in [-0.05, 0) is 25.8 Å². The van der Waals surface area contributed by atoms with Gasteiger partial charge in [-0.1, -0.05) is 0 Å². The molecule has 2 N–H and O–H groups in total. The Bertz CT molecular complexity index is 753. The van der Waals surface area contributed by atoms with Gasteiger partial charge in [-0.3, -0.25) is 4.57 Å². The molecule has 1 fully saturated rings. The highest BCUT2D eigenvalue weighted by Crippen LogP contribution is 2.37. The average Bonchev–Trinajstić information content (AvgIpc) is 3.00. The van der Waals surface area contributed by atoms with E-state index < -0.39 is 6.10 Å². The molecule has 0 saturated heterocycles. The number of nitrogens with zero attached hydrogens (tertiary/aromatic N) is 5. The van der Waals surface area contributed by atoms with Crippen LogP contribution in [-0.2, 0) is 14.1 Å². The minimum atomic E-state index is -0.422. The summed E-state index contributed by atoms with van der Waals surface area (Å²) in [4.78, 5) is 20.3. The molecule has 23 heavy (non-hydrogen) atoms. The molecule has 124 valence electrons. The maximum absolute atomic E-state index is 11.8. The Labute approximate surface area is 134 Å². The van der Waals surface area contributed by atoms with Crippen molar-refractivity contribution in [2.45, 2.75) is 31.8 Å². The maximum atomic E-state index is 11.8. The summed E-state index contributed by atoms with van der Waals surface area (Å²) in [6, 6.07) is 1.84. The van der Waals surface area contributed by atoms with Gasteiger partial charge in [-0.2, -0.15) is 5.10 Å². The third-order valence-electron chi connectivity index (χ3n) is 4.50. The molecule has 0 aromatic carbocycles. The van der Waals surface area contributed by atoms with Gasteiger partial charge < -0.3 is 10.4 Å². The second-order valence-electron chi connectivity index (χ2n) is 6.22. The van der Waals surface area contributed by atoms with Gasteiger partial charge in [-0.15, -0.1) is 0 Å². The lowest BCUT2D eigenvalue weighted by Gasteiger charge is -2.15. The molecule has 0 spiro atoms. The number of hydrogen-bond acceptors (Lipinski definition) is 6. The summed E-state index contributed by atoms with van der Waals surface area (Å²) < 4.78 is 2.91.